The van der Waals surface area contributed by atoms with E-state index >= 15 is 0 Å². The molecule has 2 rings (SSSR count). The van der Waals surface area contributed by atoms with Crippen molar-refractivity contribution in [3.05, 3.63) is 73.7 Å². The van der Waals surface area contributed by atoms with Crippen LogP contribution < -0.4 is 10.6 Å². The number of allylic oxidation sites excluding steroid dienone is 1. The quantitative estimate of drug-likeness (QED) is 0.175. The molecular formula is C22H13Cl3F10N2S2. The molecule has 2 nitrogen and oxygen atoms in total. The van der Waals surface area contributed by atoms with Crippen LogP contribution in [-0.4, -0.2) is 35.4 Å². The van der Waals surface area contributed by atoms with Crippen LogP contribution in [0.15, 0.2) is 36.4 Å². The Morgan fingerprint density at radius 3 is 1.92 bits per heavy atom. The number of nitrogens with one attached hydrogen (secondary N) is 2. The first-order chi connectivity index (χ1) is 17.7. The highest BCUT2D eigenvalue weighted by molar-refractivity contribution is 7.81. The fourth-order valence-electron chi connectivity index (χ4n) is 3.02. The number of hydrogen-bond acceptors (Lipinski definition) is 2. The number of thiocarbonyl (C=S) groups is 2. The van der Waals surface area contributed by atoms with Gasteiger partial charge in [0.15, 0.2) is 0 Å². The lowest BCUT2D eigenvalue weighted by molar-refractivity contribution is -0.140. The zero-order valence-electron chi connectivity index (χ0n) is 18.7. The third-order valence-corrected chi connectivity index (χ3v) is 6.62. The molecular weight excluding hydrogens is 653 g/mol. The molecule has 2 N–H and O–H groups in total. The summed E-state index contributed by atoms with van der Waals surface area (Å²) in [6.07, 6.45) is -14.8. The molecule has 1 atom stereocenters. The van der Waals surface area contributed by atoms with Crippen molar-refractivity contribution in [2.45, 2.75) is 24.4 Å². The van der Waals surface area contributed by atoms with Gasteiger partial charge >= 0.3 is 18.5 Å². The standard InChI is InChI=1S/C22H13Cl3F10N2S2/c23-14-4-10(5-15(24)18(14)25)12(21(30,31)32)6-16(26)9-1-2-11(13(3-9)22(33,34)35)19(39)36-7-17(38)37-8-20(27,28)29/h1-6,12H,7-8H2,(H,36,39)(H,37,38)/b16-6-. The minimum absolute atomic E-state index is 0.0480. The van der Waals surface area contributed by atoms with Crippen molar-refractivity contribution in [1.29, 1.82) is 0 Å². The van der Waals surface area contributed by atoms with Gasteiger partial charge in [-0.3, -0.25) is 0 Å². The summed E-state index contributed by atoms with van der Waals surface area (Å²) in [6.45, 7) is -2.04. The van der Waals surface area contributed by atoms with E-state index in [1.165, 1.54) is 0 Å². The summed E-state index contributed by atoms with van der Waals surface area (Å²) in [5.74, 6) is -4.32. The maximum atomic E-state index is 15.0. The first kappa shape index (κ1) is 33.3. The molecule has 0 bridgehead atoms. The van der Waals surface area contributed by atoms with Crippen LogP contribution in [0.4, 0.5) is 43.9 Å². The first-order valence-electron chi connectivity index (χ1n) is 10.1. The van der Waals surface area contributed by atoms with Crippen LogP contribution in [0.1, 0.15) is 28.2 Å². The van der Waals surface area contributed by atoms with Gasteiger partial charge in [-0.25, -0.2) is 4.39 Å². The van der Waals surface area contributed by atoms with E-state index in [1.807, 2.05) is 5.32 Å². The predicted molar refractivity (Wildman–Crippen MR) is 137 cm³/mol. The number of benzene rings is 2. The van der Waals surface area contributed by atoms with Gasteiger partial charge < -0.3 is 10.6 Å². The molecule has 2 aromatic rings. The summed E-state index contributed by atoms with van der Waals surface area (Å²) in [4.78, 5) is -1.01. The summed E-state index contributed by atoms with van der Waals surface area (Å²) in [6, 6.07) is 3.27. The molecule has 39 heavy (non-hydrogen) atoms. The van der Waals surface area contributed by atoms with E-state index in [1.54, 1.807) is 0 Å². The minimum Gasteiger partial charge on any atom is -0.369 e. The second-order valence-corrected chi connectivity index (χ2v) is 9.76. The minimum atomic E-state index is -5.15. The van der Waals surface area contributed by atoms with Gasteiger partial charge in [0.25, 0.3) is 0 Å². The highest BCUT2D eigenvalue weighted by Crippen LogP contribution is 2.42. The Hall–Kier alpha value is -1.87. The molecule has 0 heterocycles. The lowest BCUT2D eigenvalue weighted by Gasteiger charge is -2.19. The van der Waals surface area contributed by atoms with E-state index in [0.717, 1.165) is 18.2 Å². The lowest BCUT2D eigenvalue weighted by Crippen LogP contribution is -2.40. The number of halogens is 13. The van der Waals surface area contributed by atoms with Gasteiger partial charge in [0.1, 0.15) is 23.3 Å². The van der Waals surface area contributed by atoms with Crippen LogP contribution in [0.25, 0.3) is 5.83 Å². The summed E-state index contributed by atoms with van der Waals surface area (Å²) in [7, 11) is 0. The molecule has 0 saturated carbocycles. The van der Waals surface area contributed by atoms with Gasteiger partial charge in [0.2, 0.25) is 0 Å². The van der Waals surface area contributed by atoms with Gasteiger partial charge in [0, 0.05) is 11.1 Å². The Bertz CT molecular complexity index is 1250. The fourth-order valence-corrected chi connectivity index (χ4v) is 4.03. The van der Waals surface area contributed by atoms with Gasteiger partial charge in [-0.05, 0) is 29.8 Å². The number of hydrogen-bond donors (Lipinski definition) is 2. The van der Waals surface area contributed by atoms with E-state index in [9.17, 15) is 43.9 Å². The molecule has 0 spiro atoms. The van der Waals surface area contributed by atoms with Crippen molar-refractivity contribution >= 4 is 75.0 Å². The molecule has 0 radical (unpaired) electrons. The van der Waals surface area contributed by atoms with E-state index in [-0.39, 0.29) is 27.2 Å². The third-order valence-electron chi connectivity index (χ3n) is 4.77. The van der Waals surface area contributed by atoms with Crippen molar-refractivity contribution in [2.75, 3.05) is 13.1 Å². The zero-order chi connectivity index (χ0) is 29.9. The molecule has 1 unspecified atom stereocenters. The molecule has 0 fully saturated rings. The Kier molecular flexibility index (Phi) is 10.9. The van der Waals surface area contributed by atoms with Crippen LogP contribution in [0, 0.1) is 0 Å². The Morgan fingerprint density at radius 1 is 0.872 bits per heavy atom. The van der Waals surface area contributed by atoms with E-state index in [0.29, 0.717) is 6.07 Å². The highest BCUT2D eigenvalue weighted by Gasteiger charge is 2.41. The van der Waals surface area contributed by atoms with Gasteiger partial charge in [-0.1, -0.05) is 71.4 Å². The molecule has 0 saturated heterocycles. The lowest BCUT2D eigenvalue weighted by atomic mass is 9.95. The first-order valence-corrected chi connectivity index (χ1v) is 12.1. The Labute approximate surface area is 240 Å². The van der Waals surface area contributed by atoms with Crippen LogP contribution in [0.2, 0.25) is 15.1 Å². The van der Waals surface area contributed by atoms with Crippen molar-refractivity contribution in [3.8, 4) is 0 Å². The summed E-state index contributed by atoms with van der Waals surface area (Å²) in [5, 5.41) is 3.12. The number of alkyl halides is 9. The van der Waals surface area contributed by atoms with Crippen molar-refractivity contribution in [2.24, 2.45) is 0 Å². The van der Waals surface area contributed by atoms with Crippen LogP contribution in [0.3, 0.4) is 0 Å². The van der Waals surface area contributed by atoms with Crippen LogP contribution in [-0.2, 0) is 6.18 Å². The van der Waals surface area contributed by atoms with E-state index in [4.69, 9.17) is 47.0 Å². The molecule has 0 aromatic heterocycles. The van der Waals surface area contributed by atoms with Crippen molar-refractivity contribution < 1.29 is 43.9 Å². The highest BCUT2D eigenvalue weighted by atomic mass is 35.5. The van der Waals surface area contributed by atoms with Gasteiger partial charge in [0.05, 0.1) is 32.2 Å². The number of rotatable bonds is 7. The molecule has 0 aliphatic carbocycles. The van der Waals surface area contributed by atoms with E-state index < -0.39 is 75.6 Å². The van der Waals surface area contributed by atoms with Crippen LogP contribution in [0.5, 0.6) is 0 Å². The average Bonchev–Trinajstić information content (AvgIpc) is 2.80. The molecule has 214 valence electrons. The molecule has 0 aliphatic heterocycles. The zero-order valence-corrected chi connectivity index (χ0v) is 22.6. The monoisotopic (exact) mass is 664 g/mol. The van der Waals surface area contributed by atoms with Gasteiger partial charge in [-0.2, -0.15) is 39.5 Å². The molecule has 2 aromatic carbocycles. The Balaban J connectivity index is 2.41. The summed E-state index contributed by atoms with van der Waals surface area (Å²) in [5.41, 5.74) is -3.71. The molecule has 0 amide bonds. The SMILES string of the molecule is F/C(=C\C(c1cc(Cl)c(Cl)c(Cl)c1)C(F)(F)F)c1ccc(C(=S)NCC(=S)NCC(F)(F)F)c(C(F)(F)F)c1. The van der Waals surface area contributed by atoms with Crippen molar-refractivity contribution in [1.82, 2.24) is 10.6 Å². The summed E-state index contributed by atoms with van der Waals surface area (Å²) >= 11 is 26.8. The fraction of sp³-hybridized carbons (Fsp3) is 0.273. The predicted octanol–water partition coefficient (Wildman–Crippen LogP) is 9.07. The largest absolute Gasteiger partial charge is 0.417 e. The molecule has 0 aliphatic rings. The van der Waals surface area contributed by atoms with Crippen molar-refractivity contribution in [3.63, 3.8) is 0 Å². The Morgan fingerprint density at radius 2 is 1.44 bits per heavy atom. The second kappa shape index (κ2) is 12.8. The summed E-state index contributed by atoms with van der Waals surface area (Å²) < 4.78 is 134. The smallest absolute Gasteiger partial charge is 0.369 e. The van der Waals surface area contributed by atoms with Gasteiger partial charge in [-0.15, -0.1) is 0 Å². The third kappa shape index (κ3) is 9.62. The van der Waals surface area contributed by atoms with E-state index in [2.05, 4.69) is 17.5 Å². The second-order valence-electron chi connectivity index (χ2n) is 7.67. The normalized spacial score (nSPS) is 13.7. The average molecular weight is 666 g/mol. The van der Waals surface area contributed by atoms with Crippen LogP contribution >= 0.6 is 59.2 Å². The maximum Gasteiger partial charge on any atom is 0.417 e. The topological polar surface area (TPSA) is 24.1 Å². The maximum absolute atomic E-state index is 15.0. The molecule has 17 heteroatoms.